The summed E-state index contributed by atoms with van der Waals surface area (Å²) in [5.74, 6) is 0.100. The van der Waals surface area contributed by atoms with E-state index in [0.29, 0.717) is 13.1 Å². The van der Waals surface area contributed by atoms with Crippen LogP contribution in [0.4, 0.5) is 5.69 Å². The zero-order chi connectivity index (χ0) is 18.5. The quantitative estimate of drug-likeness (QED) is 0.858. The van der Waals surface area contributed by atoms with Crippen LogP contribution in [-0.2, 0) is 11.3 Å². The molecule has 26 heavy (non-hydrogen) atoms. The topological polar surface area (TPSA) is 53.4 Å². The molecule has 1 aliphatic heterocycles. The summed E-state index contributed by atoms with van der Waals surface area (Å²) in [5.41, 5.74) is 4.77. The van der Waals surface area contributed by atoms with Crippen LogP contribution >= 0.6 is 0 Å². The fourth-order valence-corrected chi connectivity index (χ4v) is 3.33. The minimum absolute atomic E-state index is 0.100. The summed E-state index contributed by atoms with van der Waals surface area (Å²) in [6, 6.07) is 8.61. The number of aryl methyl sites for hydroxylation is 2. The normalized spacial score (nSPS) is 15.3. The van der Waals surface area contributed by atoms with Crippen molar-refractivity contribution >= 4 is 11.6 Å². The first-order chi connectivity index (χ1) is 12.5. The number of hydrogen-bond acceptors (Lipinski definition) is 4. The van der Waals surface area contributed by atoms with Gasteiger partial charge in [-0.25, -0.2) is 4.98 Å². The fourth-order valence-electron chi connectivity index (χ4n) is 3.33. The lowest BCUT2D eigenvalue weighted by Gasteiger charge is -2.35. The SMILES string of the molecule is Cc1cccc(N2CCN(CC(=O)NCCn3cnc(C)c3C)CC2)c1. The zero-order valence-corrected chi connectivity index (χ0v) is 16.0. The Kier molecular flexibility index (Phi) is 5.93. The number of benzene rings is 1. The van der Waals surface area contributed by atoms with E-state index in [4.69, 9.17) is 0 Å². The van der Waals surface area contributed by atoms with Crippen molar-refractivity contribution in [1.82, 2.24) is 19.8 Å². The molecule has 140 valence electrons. The highest BCUT2D eigenvalue weighted by atomic mass is 16.2. The third-order valence-electron chi connectivity index (χ3n) is 5.13. The van der Waals surface area contributed by atoms with Crippen LogP contribution in [0.2, 0.25) is 0 Å². The van der Waals surface area contributed by atoms with E-state index in [2.05, 4.69) is 62.8 Å². The molecule has 1 saturated heterocycles. The second-order valence-corrected chi connectivity index (χ2v) is 7.06. The highest BCUT2D eigenvalue weighted by molar-refractivity contribution is 5.78. The first kappa shape index (κ1) is 18.5. The standard InChI is InChI=1S/C20H29N5O/c1-16-5-4-6-19(13-16)24-11-9-23(10-12-24)14-20(26)21-7-8-25-15-22-17(2)18(25)3/h4-6,13,15H,7-12,14H2,1-3H3,(H,21,26). The van der Waals surface area contributed by atoms with Gasteiger partial charge in [-0.2, -0.15) is 0 Å². The average molecular weight is 355 g/mol. The number of nitrogens with one attached hydrogen (secondary N) is 1. The molecule has 3 rings (SSSR count). The van der Waals surface area contributed by atoms with Gasteiger partial charge < -0.3 is 14.8 Å². The minimum atomic E-state index is 0.100. The molecule has 1 amide bonds. The molecule has 0 atom stereocenters. The van der Waals surface area contributed by atoms with Crippen LogP contribution in [0.15, 0.2) is 30.6 Å². The maximum absolute atomic E-state index is 12.2. The number of aromatic nitrogens is 2. The Morgan fingerprint density at radius 3 is 2.58 bits per heavy atom. The molecule has 2 aromatic rings. The summed E-state index contributed by atoms with van der Waals surface area (Å²) in [6.07, 6.45) is 1.83. The highest BCUT2D eigenvalue weighted by Gasteiger charge is 2.19. The number of carbonyl (C=O) groups is 1. The Morgan fingerprint density at radius 2 is 1.92 bits per heavy atom. The molecular formula is C20H29N5O. The van der Waals surface area contributed by atoms with E-state index in [9.17, 15) is 4.79 Å². The van der Waals surface area contributed by atoms with Gasteiger partial charge in [-0.1, -0.05) is 12.1 Å². The molecule has 0 aliphatic carbocycles. The van der Waals surface area contributed by atoms with Crippen LogP contribution < -0.4 is 10.2 Å². The minimum Gasteiger partial charge on any atom is -0.369 e. The van der Waals surface area contributed by atoms with Gasteiger partial charge in [-0.15, -0.1) is 0 Å². The second-order valence-electron chi connectivity index (χ2n) is 7.06. The molecule has 2 heterocycles. The predicted octanol–water partition coefficient (Wildman–Crippen LogP) is 1.75. The Morgan fingerprint density at radius 1 is 1.15 bits per heavy atom. The number of piperazine rings is 1. The van der Waals surface area contributed by atoms with Crippen molar-refractivity contribution in [2.45, 2.75) is 27.3 Å². The van der Waals surface area contributed by atoms with Gasteiger partial charge in [0.1, 0.15) is 0 Å². The van der Waals surface area contributed by atoms with E-state index in [-0.39, 0.29) is 5.91 Å². The number of carbonyl (C=O) groups excluding carboxylic acids is 1. The largest absolute Gasteiger partial charge is 0.369 e. The van der Waals surface area contributed by atoms with Crippen molar-refractivity contribution in [3.8, 4) is 0 Å². The summed E-state index contributed by atoms with van der Waals surface area (Å²) in [7, 11) is 0. The second kappa shape index (κ2) is 8.36. The molecule has 1 aliphatic rings. The van der Waals surface area contributed by atoms with Gasteiger partial charge in [0.25, 0.3) is 0 Å². The fraction of sp³-hybridized carbons (Fsp3) is 0.500. The molecule has 1 aromatic carbocycles. The first-order valence-corrected chi connectivity index (χ1v) is 9.32. The number of rotatable bonds is 6. The molecule has 0 bridgehead atoms. The summed E-state index contributed by atoms with van der Waals surface area (Å²) < 4.78 is 2.08. The Labute approximate surface area is 155 Å². The molecule has 6 nitrogen and oxygen atoms in total. The van der Waals surface area contributed by atoms with E-state index in [1.165, 1.54) is 11.3 Å². The van der Waals surface area contributed by atoms with Crippen LogP contribution in [0.5, 0.6) is 0 Å². The van der Waals surface area contributed by atoms with Crippen molar-refractivity contribution < 1.29 is 4.79 Å². The molecule has 0 spiro atoms. The lowest BCUT2D eigenvalue weighted by molar-refractivity contribution is -0.122. The maximum atomic E-state index is 12.2. The van der Waals surface area contributed by atoms with Gasteiger partial charge in [-0.3, -0.25) is 9.69 Å². The number of nitrogens with zero attached hydrogens (tertiary/aromatic N) is 4. The van der Waals surface area contributed by atoms with Crippen LogP contribution in [0, 0.1) is 20.8 Å². The molecule has 0 saturated carbocycles. The lowest BCUT2D eigenvalue weighted by atomic mass is 10.2. The summed E-state index contributed by atoms with van der Waals surface area (Å²) in [4.78, 5) is 21.1. The third kappa shape index (κ3) is 4.64. The smallest absolute Gasteiger partial charge is 0.234 e. The molecule has 6 heteroatoms. The molecule has 1 N–H and O–H groups in total. The van der Waals surface area contributed by atoms with E-state index in [1.54, 1.807) is 0 Å². The maximum Gasteiger partial charge on any atom is 0.234 e. The molecule has 0 radical (unpaired) electrons. The summed E-state index contributed by atoms with van der Waals surface area (Å²) >= 11 is 0. The average Bonchev–Trinajstić information content (AvgIpc) is 2.94. The van der Waals surface area contributed by atoms with Crippen LogP contribution in [0.1, 0.15) is 17.0 Å². The van der Waals surface area contributed by atoms with Crippen LogP contribution in [0.25, 0.3) is 0 Å². The first-order valence-electron chi connectivity index (χ1n) is 9.32. The number of hydrogen-bond donors (Lipinski definition) is 1. The van der Waals surface area contributed by atoms with Gasteiger partial charge in [0.2, 0.25) is 5.91 Å². The van der Waals surface area contributed by atoms with Gasteiger partial charge in [0.15, 0.2) is 0 Å². The molecule has 0 unspecified atom stereocenters. The van der Waals surface area contributed by atoms with E-state index >= 15 is 0 Å². The Hall–Kier alpha value is -2.34. The molecule has 1 aromatic heterocycles. The van der Waals surface area contributed by atoms with Crippen LogP contribution in [0.3, 0.4) is 0 Å². The number of anilines is 1. The van der Waals surface area contributed by atoms with Crippen molar-refractivity contribution in [3.05, 3.63) is 47.5 Å². The van der Waals surface area contributed by atoms with Gasteiger partial charge in [-0.05, 0) is 38.5 Å². The number of amides is 1. The monoisotopic (exact) mass is 355 g/mol. The Balaban J connectivity index is 1.38. The summed E-state index contributed by atoms with van der Waals surface area (Å²) in [5, 5.41) is 3.02. The van der Waals surface area contributed by atoms with Crippen molar-refractivity contribution in [2.24, 2.45) is 0 Å². The van der Waals surface area contributed by atoms with E-state index < -0.39 is 0 Å². The van der Waals surface area contributed by atoms with Crippen LogP contribution in [-0.4, -0.2) is 59.6 Å². The molecule has 1 fully saturated rings. The lowest BCUT2D eigenvalue weighted by Crippen LogP contribution is -2.49. The van der Waals surface area contributed by atoms with Crippen molar-refractivity contribution in [2.75, 3.05) is 44.2 Å². The van der Waals surface area contributed by atoms with Crippen molar-refractivity contribution in [1.29, 1.82) is 0 Å². The third-order valence-corrected chi connectivity index (χ3v) is 5.13. The van der Waals surface area contributed by atoms with Gasteiger partial charge >= 0.3 is 0 Å². The predicted molar refractivity (Wildman–Crippen MR) is 105 cm³/mol. The molecular weight excluding hydrogens is 326 g/mol. The van der Waals surface area contributed by atoms with Crippen molar-refractivity contribution in [3.63, 3.8) is 0 Å². The van der Waals surface area contributed by atoms with E-state index in [0.717, 1.165) is 44.1 Å². The van der Waals surface area contributed by atoms with E-state index in [1.807, 2.05) is 13.3 Å². The number of imidazole rings is 1. The summed E-state index contributed by atoms with van der Waals surface area (Å²) in [6.45, 7) is 11.8. The Bertz CT molecular complexity index is 746. The van der Waals surface area contributed by atoms with Gasteiger partial charge in [0, 0.05) is 50.6 Å². The highest BCUT2D eigenvalue weighted by Crippen LogP contribution is 2.17. The zero-order valence-electron chi connectivity index (χ0n) is 16.0. The van der Waals surface area contributed by atoms with Gasteiger partial charge in [0.05, 0.1) is 18.6 Å².